The molecule has 1 aliphatic carbocycles. The Kier molecular flexibility index (Phi) is 10.1. The molecule has 0 bridgehead atoms. The molecule has 0 radical (unpaired) electrons. The number of hydrogen-bond donors (Lipinski definition) is 1. The van der Waals surface area contributed by atoms with Crippen LogP contribution < -0.4 is 15.8 Å². The van der Waals surface area contributed by atoms with Crippen LogP contribution >= 0.6 is 11.6 Å². The average molecular weight is 712 g/mol. The fourth-order valence-corrected chi connectivity index (χ4v) is 5.97. The van der Waals surface area contributed by atoms with E-state index in [9.17, 15) is 36.3 Å². The topological polar surface area (TPSA) is 114 Å². The molecule has 1 aromatic carbocycles. The number of fused-ring (bicyclic) bond motifs is 1. The predicted molar refractivity (Wildman–Crippen MR) is 173 cm³/mol. The highest BCUT2D eigenvalue weighted by atomic mass is 35.5. The van der Waals surface area contributed by atoms with Crippen LogP contribution in [0.4, 0.5) is 38.1 Å². The van der Waals surface area contributed by atoms with Gasteiger partial charge < -0.3 is 24.4 Å². The van der Waals surface area contributed by atoms with Gasteiger partial charge in [-0.2, -0.15) is 31.5 Å². The second-order valence-corrected chi connectivity index (χ2v) is 13.1. The lowest BCUT2D eigenvalue weighted by molar-refractivity contribution is -0.137. The zero-order valence-corrected chi connectivity index (χ0v) is 28.0. The largest absolute Gasteiger partial charge is 0.444 e. The van der Waals surface area contributed by atoms with Gasteiger partial charge in [0.25, 0.3) is 11.6 Å². The molecule has 2 aliphatic rings. The van der Waals surface area contributed by atoms with Crippen molar-refractivity contribution in [1.29, 1.82) is 0 Å². The van der Waals surface area contributed by atoms with Crippen LogP contribution in [-0.2, 0) is 28.7 Å². The number of benzene rings is 1. The number of nitrogens with one attached hydrogen (secondary N) is 1. The summed E-state index contributed by atoms with van der Waals surface area (Å²) < 4.78 is 73.9. The van der Waals surface area contributed by atoms with Gasteiger partial charge in [-0.15, -0.1) is 5.10 Å². The molecule has 1 aliphatic heterocycles. The van der Waals surface area contributed by atoms with Crippen molar-refractivity contribution in [2.45, 2.75) is 71.7 Å². The number of carbonyl (C=O) groups excluding carboxylic acids is 2. The monoisotopic (exact) mass is 711 g/mol. The number of halogens is 6. The van der Waals surface area contributed by atoms with E-state index in [1.807, 2.05) is 0 Å². The van der Waals surface area contributed by atoms with Gasteiger partial charge in [0.05, 0.1) is 22.0 Å². The number of ether oxygens (including phenoxy) is 1. The summed E-state index contributed by atoms with van der Waals surface area (Å²) in [6.45, 7) is 7.67. The van der Waals surface area contributed by atoms with Crippen LogP contribution in [0.5, 0.6) is 0 Å². The van der Waals surface area contributed by atoms with Crippen LogP contribution in [0.1, 0.15) is 64.0 Å². The summed E-state index contributed by atoms with van der Waals surface area (Å²) in [7, 11) is 0. The van der Waals surface area contributed by atoms with E-state index >= 15 is 0 Å². The number of anilines is 2. The summed E-state index contributed by atoms with van der Waals surface area (Å²) in [5.41, 5.74) is -1.01. The fraction of sp³-hybridized carbons (Fsp3) is 0.469. The molecule has 0 saturated carbocycles. The smallest absolute Gasteiger partial charge is 0.416 e. The van der Waals surface area contributed by atoms with Crippen LogP contribution in [0.3, 0.4) is 0 Å². The van der Waals surface area contributed by atoms with Crippen molar-refractivity contribution in [3.05, 3.63) is 68.4 Å². The standard InChI is InChI=1S/C32H35ClF5N7O4/c1-5-23-25(42-12-14-43(15-13-42)30(48)49-31(2,3)4)28(47)45-29(40-27(41-45)19-8-6-18(7-9-19)26(34)35)44(23)17-24(46)39-22-11-10-20(16-21(22)33)32(36,37)38/h8,10-11,16H,5-7,9,12-15,17H2,1-4H3,(H,39,46). The molecular weight excluding hydrogens is 677 g/mol. The zero-order valence-electron chi connectivity index (χ0n) is 27.3. The first-order valence-corrected chi connectivity index (χ1v) is 16.0. The van der Waals surface area contributed by atoms with E-state index in [1.165, 1.54) is 9.47 Å². The van der Waals surface area contributed by atoms with Crippen LogP contribution in [0, 0.1) is 0 Å². The average Bonchev–Trinajstić information content (AvgIpc) is 3.48. The lowest BCUT2D eigenvalue weighted by Crippen LogP contribution is -2.51. The van der Waals surface area contributed by atoms with Crippen molar-refractivity contribution >= 4 is 46.3 Å². The van der Waals surface area contributed by atoms with E-state index in [0.717, 1.165) is 16.6 Å². The number of amides is 2. The summed E-state index contributed by atoms with van der Waals surface area (Å²) in [5.74, 6) is -0.512. The SMILES string of the molecule is CCc1c(N2CCN(C(=O)OC(C)(C)C)CC2)c(=O)n2nc(C3=CCC(=C(F)F)CC3)nc2n1CC(=O)Nc1ccc(C(F)(F)F)cc1Cl. The molecule has 5 rings (SSSR count). The molecule has 0 atom stereocenters. The van der Waals surface area contributed by atoms with E-state index < -0.39 is 47.5 Å². The first-order chi connectivity index (χ1) is 23.0. The zero-order chi connectivity index (χ0) is 35.8. The van der Waals surface area contributed by atoms with Gasteiger partial charge >= 0.3 is 12.3 Å². The minimum absolute atomic E-state index is 0.00112. The van der Waals surface area contributed by atoms with Crippen molar-refractivity contribution in [3.63, 3.8) is 0 Å². The van der Waals surface area contributed by atoms with Crippen molar-refractivity contribution in [3.8, 4) is 0 Å². The van der Waals surface area contributed by atoms with Crippen molar-refractivity contribution in [2.24, 2.45) is 0 Å². The lowest BCUT2D eigenvalue weighted by Gasteiger charge is -2.37. The third kappa shape index (κ3) is 7.89. The summed E-state index contributed by atoms with van der Waals surface area (Å²) in [6, 6.07) is 2.55. The second-order valence-electron chi connectivity index (χ2n) is 12.7. The van der Waals surface area contributed by atoms with Crippen LogP contribution in [-0.4, -0.2) is 67.8 Å². The van der Waals surface area contributed by atoms with Gasteiger partial charge in [0, 0.05) is 26.2 Å². The van der Waals surface area contributed by atoms with Gasteiger partial charge in [-0.25, -0.2) is 4.79 Å². The van der Waals surface area contributed by atoms with Gasteiger partial charge in [0.2, 0.25) is 11.7 Å². The molecular formula is C32H35ClF5N7O4. The summed E-state index contributed by atoms with van der Waals surface area (Å²) in [6.07, 6.45) is -4.70. The first kappa shape index (κ1) is 35.8. The molecule has 1 fully saturated rings. The van der Waals surface area contributed by atoms with Gasteiger partial charge in [0.15, 0.2) is 5.82 Å². The Morgan fingerprint density at radius 1 is 1.06 bits per heavy atom. The molecule has 0 unspecified atom stereocenters. The normalized spacial score (nSPS) is 15.8. The number of aromatic nitrogens is 4. The Labute approximate surface area is 283 Å². The number of allylic oxidation sites excluding steroid dienone is 3. The Morgan fingerprint density at radius 3 is 2.31 bits per heavy atom. The molecule has 17 heteroatoms. The van der Waals surface area contributed by atoms with E-state index in [2.05, 4.69) is 15.4 Å². The van der Waals surface area contributed by atoms with Gasteiger partial charge in [0.1, 0.15) is 17.8 Å². The molecule has 2 amide bonds. The molecule has 11 nitrogen and oxygen atoms in total. The Hall–Kier alpha value is -4.47. The number of hydrogen-bond acceptors (Lipinski definition) is 7. The minimum Gasteiger partial charge on any atom is -0.444 e. The quantitative estimate of drug-likeness (QED) is 0.289. The lowest BCUT2D eigenvalue weighted by atomic mass is 9.95. The van der Waals surface area contributed by atoms with Gasteiger partial charge in [-0.3, -0.25) is 9.59 Å². The number of nitrogens with zero attached hydrogens (tertiary/aromatic N) is 6. The molecule has 1 N–H and O–H groups in total. The number of alkyl halides is 3. The Bertz CT molecular complexity index is 1900. The maximum absolute atomic E-state index is 14.1. The van der Waals surface area contributed by atoms with E-state index in [0.29, 0.717) is 17.3 Å². The molecule has 0 spiro atoms. The predicted octanol–water partition coefficient (Wildman–Crippen LogP) is 6.54. The fourth-order valence-electron chi connectivity index (χ4n) is 5.74. The molecule has 2 aromatic heterocycles. The highest BCUT2D eigenvalue weighted by molar-refractivity contribution is 6.33. The third-order valence-electron chi connectivity index (χ3n) is 8.13. The van der Waals surface area contributed by atoms with E-state index in [-0.39, 0.29) is 85.4 Å². The third-order valence-corrected chi connectivity index (χ3v) is 8.44. The van der Waals surface area contributed by atoms with Gasteiger partial charge in [-0.05, 0) is 75.8 Å². The highest BCUT2D eigenvalue weighted by Gasteiger charge is 2.32. The van der Waals surface area contributed by atoms with Crippen molar-refractivity contribution in [2.75, 3.05) is 36.4 Å². The van der Waals surface area contributed by atoms with Crippen molar-refractivity contribution in [1.82, 2.24) is 24.1 Å². The van der Waals surface area contributed by atoms with Crippen LogP contribution in [0.25, 0.3) is 11.4 Å². The number of carbonyl (C=O) groups is 2. The number of rotatable bonds is 6. The highest BCUT2D eigenvalue weighted by Crippen LogP contribution is 2.34. The van der Waals surface area contributed by atoms with E-state index in [1.54, 1.807) is 38.7 Å². The summed E-state index contributed by atoms with van der Waals surface area (Å²) in [5, 5.41) is 6.66. The Morgan fingerprint density at radius 2 is 1.76 bits per heavy atom. The summed E-state index contributed by atoms with van der Waals surface area (Å²) in [4.78, 5) is 48.1. The van der Waals surface area contributed by atoms with Gasteiger partial charge in [-0.1, -0.05) is 24.6 Å². The summed E-state index contributed by atoms with van der Waals surface area (Å²) >= 11 is 6.08. The maximum Gasteiger partial charge on any atom is 0.416 e. The first-order valence-electron chi connectivity index (χ1n) is 15.6. The molecule has 3 aromatic rings. The second kappa shape index (κ2) is 13.8. The molecule has 49 heavy (non-hydrogen) atoms. The molecule has 1 saturated heterocycles. The van der Waals surface area contributed by atoms with Crippen LogP contribution in [0.2, 0.25) is 5.02 Å². The van der Waals surface area contributed by atoms with Crippen LogP contribution in [0.15, 0.2) is 40.7 Å². The van der Waals surface area contributed by atoms with E-state index in [4.69, 9.17) is 16.3 Å². The maximum atomic E-state index is 14.1. The van der Waals surface area contributed by atoms with Crippen molar-refractivity contribution < 1.29 is 36.3 Å². The molecule has 264 valence electrons. The Balaban J connectivity index is 1.53. The minimum atomic E-state index is -4.63. The number of piperazine rings is 1. The molecule has 3 heterocycles.